The quantitative estimate of drug-likeness (QED) is 0.0457. The number of carbonyl (C=O) groups is 1. The van der Waals surface area contributed by atoms with Gasteiger partial charge in [-0.1, -0.05) is 354 Å². The fourth-order valence-corrected chi connectivity index (χ4v) is 10.6. The third kappa shape index (κ3) is 54.7. The summed E-state index contributed by atoms with van der Waals surface area (Å²) in [5, 5.41) is 33.7. The van der Waals surface area contributed by atoms with Crippen molar-refractivity contribution in [1.82, 2.24) is 5.32 Å². The van der Waals surface area contributed by atoms with Gasteiger partial charge in [0.2, 0.25) is 5.91 Å². The molecule has 0 saturated heterocycles. The van der Waals surface area contributed by atoms with Gasteiger partial charge in [0.05, 0.1) is 31.3 Å². The van der Waals surface area contributed by atoms with E-state index in [0.717, 1.165) is 25.7 Å². The van der Waals surface area contributed by atoms with Crippen LogP contribution in [0.3, 0.4) is 0 Å². The zero-order valence-corrected chi connectivity index (χ0v) is 46.8. The van der Waals surface area contributed by atoms with Crippen molar-refractivity contribution < 1.29 is 20.1 Å². The highest BCUT2D eigenvalue weighted by atomic mass is 16.3. The Bertz CT molecular complexity index is 929. The van der Waals surface area contributed by atoms with Crippen LogP contribution in [0.25, 0.3) is 0 Å². The maximum atomic E-state index is 12.6. The second kappa shape index (κ2) is 58.9. The van der Waals surface area contributed by atoms with E-state index < -0.39 is 18.2 Å². The smallest absolute Gasteiger partial charge is 0.222 e. The molecular formula is C63H127NO4. The molecule has 0 aliphatic carbocycles. The molecule has 4 N–H and O–H groups in total. The Labute approximate surface area is 427 Å². The predicted molar refractivity (Wildman–Crippen MR) is 301 cm³/mol. The number of aliphatic hydroxyl groups excluding tert-OH is 3. The first-order valence-electron chi connectivity index (χ1n) is 31.8. The summed E-state index contributed by atoms with van der Waals surface area (Å²) >= 11 is 0. The number of hydrogen-bond acceptors (Lipinski definition) is 4. The van der Waals surface area contributed by atoms with E-state index in [1.54, 1.807) is 0 Å². The third-order valence-electron chi connectivity index (χ3n) is 15.4. The van der Waals surface area contributed by atoms with Crippen LogP contribution in [0.15, 0.2) is 0 Å². The molecule has 0 bridgehead atoms. The monoisotopic (exact) mass is 962 g/mol. The van der Waals surface area contributed by atoms with Crippen LogP contribution in [-0.4, -0.2) is 46.1 Å². The Balaban J connectivity index is 3.45. The van der Waals surface area contributed by atoms with Crippen molar-refractivity contribution in [3.05, 3.63) is 0 Å². The molecule has 0 aromatic carbocycles. The van der Waals surface area contributed by atoms with Crippen molar-refractivity contribution in [3.63, 3.8) is 0 Å². The van der Waals surface area contributed by atoms with Crippen molar-refractivity contribution in [2.45, 2.75) is 392 Å². The molecule has 1 amide bonds. The van der Waals surface area contributed by atoms with Crippen molar-refractivity contribution in [1.29, 1.82) is 0 Å². The average molecular weight is 963 g/mol. The molecule has 0 spiro atoms. The molecule has 0 rings (SSSR count). The molecule has 0 saturated carbocycles. The largest absolute Gasteiger partial charge is 0.394 e. The Morgan fingerprint density at radius 1 is 0.309 bits per heavy atom. The maximum Gasteiger partial charge on any atom is 0.222 e. The van der Waals surface area contributed by atoms with Crippen LogP contribution in [-0.2, 0) is 4.79 Å². The van der Waals surface area contributed by atoms with Crippen molar-refractivity contribution >= 4 is 5.91 Å². The van der Waals surface area contributed by atoms with Gasteiger partial charge < -0.3 is 20.6 Å². The van der Waals surface area contributed by atoms with Crippen LogP contribution in [0.1, 0.15) is 373 Å². The fraction of sp³-hybridized carbons (Fsp3) is 0.984. The van der Waals surface area contributed by atoms with Crippen molar-refractivity contribution in [2.75, 3.05) is 6.61 Å². The van der Waals surface area contributed by atoms with E-state index in [9.17, 15) is 20.1 Å². The second-order valence-electron chi connectivity index (χ2n) is 22.4. The molecule has 0 aliphatic rings. The summed E-state index contributed by atoms with van der Waals surface area (Å²) < 4.78 is 0. The number of amides is 1. The first-order chi connectivity index (χ1) is 33.5. The summed E-state index contributed by atoms with van der Waals surface area (Å²) in [5.74, 6) is -0.273. The van der Waals surface area contributed by atoms with E-state index in [0.29, 0.717) is 12.8 Å². The van der Waals surface area contributed by atoms with E-state index in [4.69, 9.17) is 0 Å². The van der Waals surface area contributed by atoms with Gasteiger partial charge in [-0.2, -0.15) is 0 Å². The molecule has 0 aromatic heterocycles. The van der Waals surface area contributed by atoms with Crippen molar-refractivity contribution in [3.8, 4) is 0 Å². The van der Waals surface area contributed by atoms with Crippen molar-refractivity contribution in [2.24, 2.45) is 0 Å². The number of aliphatic hydroxyl groups is 3. The molecule has 0 aromatic rings. The molecule has 0 heterocycles. The molecule has 5 heteroatoms. The Morgan fingerprint density at radius 3 is 0.706 bits per heavy atom. The minimum absolute atomic E-state index is 0.0439. The van der Waals surface area contributed by atoms with E-state index in [-0.39, 0.29) is 18.9 Å². The normalized spacial score (nSPS) is 13.1. The summed E-state index contributed by atoms with van der Waals surface area (Å²) in [4.78, 5) is 12.6. The third-order valence-corrected chi connectivity index (χ3v) is 15.4. The lowest BCUT2D eigenvalue weighted by Crippen LogP contribution is -2.46. The summed E-state index contributed by atoms with van der Waals surface area (Å²) in [6.45, 7) is 4.32. The molecule has 408 valence electrons. The molecule has 0 fully saturated rings. The van der Waals surface area contributed by atoms with Gasteiger partial charge in [-0.05, 0) is 12.8 Å². The number of rotatable bonds is 60. The zero-order chi connectivity index (χ0) is 49.3. The lowest BCUT2D eigenvalue weighted by molar-refractivity contribution is -0.125. The van der Waals surface area contributed by atoms with Gasteiger partial charge in [-0.3, -0.25) is 4.79 Å². The maximum absolute atomic E-state index is 12.6. The van der Waals surface area contributed by atoms with Crippen LogP contribution in [0, 0.1) is 0 Å². The Morgan fingerprint density at radius 2 is 0.500 bits per heavy atom. The van der Waals surface area contributed by atoms with Gasteiger partial charge in [0.15, 0.2) is 0 Å². The van der Waals surface area contributed by atoms with E-state index in [1.807, 2.05) is 0 Å². The van der Waals surface area contributed by atoms with Crippen LogP contribution in [0.5, 0.6) is 0 Å². The first kappa shape index (κ1) is 67.3. The average Bonchev–Trinajstić information content (AvgIpc) is 3.33. The van der Waals surface area contributed by atoms with Crippen LogP contribution in [0.4, 0.5) is 0 Å². The van der Waals surface area contributed by atoms with E-state index in [2.05, 4.69) is 19.2 Å². The van der Waals surface area contributed by atoms with E-state index in [1.165, 1.54) is 315 Å². The minimum Gasteiger partial charge on any atom is -0.394 e. The molecule has 0 radical (unpaired) electrons. The van der Waals surface area contributed by atoms with Gasteiger partial charge in [0.1, 0.15) is 0 Å². The molecule has 5 nitrogen and oxygen atoms in total. The second-order valence-corrected chi connectivity index (χ2v) is 22.4. The Hall–Kier alpha value is -0.650. The SMILES string of the molecule is CCCCCCCCCCCCCCCCCCCCCCCCCCCCCCCCC(O)CC(=O)NC(CO)C(O)CCCCCCCCCCCCCCCCCCCCCCCCC. The standard InChI is InChI=1S/C63H127NO4/c1-3-5-7-9-11-13-15-17-19-21-23-25-27-28-29-30-31-32-33-35-36-38-40-42-44-46-48-50-52-54-56-60(66)58-63(68)64-61(59-65)62(67)57-55-53-51-49-47-45-43-41-39-37-34-26-24-22-20-18-16-14-12-10-8-6-4-2/h60-62,65-67H,3-59H2,1-2H3,(H,64,68). The summed E-state index contributed by atoms with van der Waals surface area (Å²) in [7, 11) is 0. The minimum atomic E-state index is -0.746. The molecule has 0 aliphatic heterocycles. The molecular weight excluding hydrogens is 835 g/mol. The fourth-order valence-electron chi connectivity index (χ4n) is 10.6. The predicted octanol–water partition coefficient (Wildman–Crippen LogP) is 20.1. The number of carbonyl (C=O) groups excluding carboxylic acids is 1. The summed E-state index contributed by atoms with van der Waals surface area (Å²) in [6, 6.07) is -0.655. The zero-order valence-electron chi connectivity index (χ0n) is 46.8. The molecule has 68 heavy (non-hydrogen) atoms. The van der Waals surface area contributed by atoms with Crippen LogP contribution >= 0.6 is 0 Å². The lowest BCUT2D eigenvalue weighted by Gasteiger charge is -2.23. The first-order valence-corrected chi connectivity index (χ1v) is 31.8. The summed E-state index contributed by atoms with van der Waals surface area (Å²) in [5.41, 5.74) is 0. The van der Waals surface area contributed by atoms with Crippen LogP contribution in [0.2, 0.25) is 0 Å². The number of hydrogen-bond donors (Lipinski definition) is 4. The summed E-state index contributed by atoms with van der Waals surface area (Å²) in [6.07, 6.45) is 73.0. The topological polar surface area (TPSA) is 89.8 Å². The van der Waals surface area contributed by atoms with Gasteiger partial charge in [0, 0.05) is 0 Å². The lowest BCUT2D eigenvalue weighted by atomic mass is 10.0. The molecule has 3 atom stereocenters. The number of unbranched alkanes of at least 4 members (excludes halogenated alkanes) is 51. The highest BCUT2D eigenvalue weighted by Crippen LogP contribution is 2.19. The molecule has 3 unspecified atom stereocenters. The van der Waals surface area contributed by atoms with Gasteiger partial charge in [0.25, 0.3) is 0 Å². The van der Waals surface area contributed by atoms with Gasteiger partial charge >= 0.3 is 0 Å². The highest BCUT2D eigenvalue weighted by Gasteiger charge is 2.21. The van der Waals surface area contributed by atoms with E-state index >= 15 is 0 Å². The van der Waals surface area contributed by atoms with Gasteiger partial charge in [-0.25, -0.2) is 0 Å². The van der Waals surface area contributed by atoms with Gasteiger partial charge in [-0.15, -0.1) is 0 Å². The Kier molecular flexibility index (Phi) is 58.4. The highest BCUT2D eigenvalue weighted by molar-refractivity contribution is 5.76. The number of nitrogens with one attached hydrogen (secondary N) is 1. The van der Waals surface area contributed by atoms with Crippen LogP contribution < -0.4 is 5.32 Å².